The van der Waals surface area contributed by atoms with Gasteiger partial charge >= 0.3 is 0 Å². The molecule has 2 aromatic rings. The van der Waals surface area contributed by atoms with Crippen molar-refractivity contribution in [2.45, 2.75) is 37.1 Å². The summed E-state index contributed by atoms with van der Waals surface area (Å²) in [6.07, 6.45) is 4.94. The molecular weight excluding hydrogens is 286 g/mol. The number of pyridine rings is 1. The Kier molecular flexibility index (Phi) is 3.59. The van der Waals surface area contributed by atoms with Gasteiger partial charge in [0.1, 0.15) is 4.90 Å². The van der Waals surface area contributed by atoms with Crippen LogP contribution >= 0.6 is 0 Å². The summed E-state index contributed by atoms with van der Waals surface area (Å²) in [5.41, 5.74) is 6.85. The van der Waals surface area contributed by atoms with Crippen LogP contribution in [0.5, 0.6) is 0 Å². The summed E-state index contributed by atoms with van der Waals surface area (Å²) in [5.74, 6) is 0.438. The summed E-state index contributed by atoms with van der Waals surface area (Å²) in [7, 11) is -3.59. The largest absolute Gasteiger partial charge is 0.398 e. The molecule has 5 nitrogen and oxygen atoms in total. The van der Waals surface area contributed by atoms with Crippen molar-refractivity contribution >= 4 is 26.6 Å². The predicted molar refractivity (Wildman–Crippen MR) is 83.3 cm³/mol. The van der Waals surface area contributed by atoms with Crippen LogP contribution < -0.4 is 10.5 Å². The lowest BCUT2D eigenvalue weighted by atomic mass is 9.81. The van der Waals surface area contributed by atoms with Crippen LogP contribution in [0.15, 0.2) is 35.4 Å². The highest BCUT2D eigenvalue weighted by Gasteiger charge is 2.29. The van der Waals surface area contributed by atoms with E-state index >= 15 is 0 Å². The molecule has 1 unspecified atom stereocenters. The van der Waals surface area contributed by atoms with Crippen LogP contribution in [-0.2, 0) is 10.0 Å². The lowest BCUT2D eigenvalue weighted by Gasteiger charge is -2.31. The Morgan fingerprint density at radius 1 is 1.33 bits per heavy atom. The number of anilines is 1. The molecule has 1 aromatic carbocycles. The number of rotatable bonds is 4. The molecule has 0 bridgehead atoms. The second kappa shape index (κ2) is 5.27. The maximum Gasteiger partial charge on any atom is 0.242 e. The highest BCUT2D eigenvalue weighted by molar-refractivity contribution is 7.89. The minimum Gasteiger partial charge on any atom is -0.398 e. The number of nitrogens with one attached hydrogen (secondary N) is 1. The van der Waals surface area contributed by atoms with Crippen LogP contribution in [0.1, 0.15) is 26.2 Å². The van der Waals surface area contributed by atoms with Crippen LogP contribution in [0.25, 0.3) is 10.9 Å². The number of benzene rings is 1. The van der Waals surface area contributed by atoms with E-state index in [1.54, 1.807) is 24.4 Å². The molecule has 1 saturated carbocycles. The molecule has 0 aliphatic heterocycles. The molecule has 1 heterocycles. The van der Waals surface area contributed by atoms with Crippen molar-refractivity contribution in [1.29, 1.82) is 0 Å². The first kappa shape index (κ1) is 14.3. The number of sulfonamides is 1. The van der Waals surface area contributed by atoms with Gasteiger partial charge in [-0.3, -0.25) is 4.98 Å². The maximum absolute atomic E-state index is 12.6. The molecule has 0 spiro atoms. The summed E-state index contributed by atoms with van der Waals surface area (Å²) in [4.78, 5) is 4.39. The Hall–Kier alpha value is -1.66. The molecule has 6 heteroatoms. The fraction of sp³-hybridized carbons (Fsp3) is 0.400. The zero-order chi connectivity index (χ0) is 15.0. The van der Waals surface area contributed by atoms with E-state index in [1.807, 2.05) is 6.92 Å². The zero-order valence-corrected chi connectivity index (χ0v) is 12.7. The number of nitrogens with two attached hydrogens (primary N) is 1. The summed E-state index contributed by atoms with van der Waals surface area (Å²) in [6.45, 7) is 1.92. The lowest BCUT2D eigenvalue weighted by molar-refractivity contribution is 0.260. The topological polar surface area (TPSA) is 85.1 Å². The van der Waals surface area contributed by atoms with Gasteiger partial charge in [0.25, 0.3) is 0 Å². The fourth-order valence-corrected chi connectivity index (χ4v) is 4.20. The molecule has 1 atom stereocenters. The Morgan fingerprint density at radius 3 is 2.76 bits per heavy atom. The summed E-state index contributed by atoms with van der Waals surface area (Å²) in [5, 5.41) is 0.664. The van der Waals surface area contributed by atoms with E-state index in [9.17, 15) is 8.42 Å². The molecule has 1 aliphatic carbocycles. The highest BCUT2D eigenvalue weighted by Crippen LogP contribution is 2.31. The molecule has 0 saturated heterocycles. The Morgan fingerprint density at radius 2 is 2.10 bits per heavy atom. The third kappa shape index (κ3) is 2.61. The van der Waals surface area contributed by atoms with Crippen molar-refractivity contribution in [2.24, 2.45) is 5.92 Å². The first-order valence-electron chi connectivity index (χ1n) is 7.14. The van der Waals surface area contributed by atoms with Crippen molar-refractivity contribution in [3.8, 4) is 0 Å². The number of fused-ring (bicyclic) bond motifs is 1. The van der Waals surface area contributed by atoms with E-state index in [4.69, 9.17) is 5.73 Å². The fourth-order valence-electron chi connectivity index (χ4n) is 2.73. The molecule has 1 fully saturated rings. The Labute approximate surface area is 124 Å². The van der Waals surface area contributed by atoms with Crippen molar-refractivity contribution in [1.82, 2.24) is 9.71 Å². The first-order chi connectivity index (χ1) is 9.99. The molecule has 112 valence electrons. The highest BCUT2D eigenvalue weighted by atomic mass is 32.2. The van der Waals surface area contributed by atoms with Gasteiger partial charge in [0, 0.05) is 23.3 Å². The molecule has 1 aliphatic rings. The Balaban J connectivity index is 2.00. The summed E-state index contributed by atoms with van der Waals surface area (Å²) < 4.78 is 28.0. The van der Waals surface area contributed by atoms with Crippen LogP contribution in [0.2, 0.25) is 0 Å². The average Bonchev–Trinajstić information content (AvgIpc) is 2.36. The maximum atomic E-state index is 12.6. The smallest absolute Gasteiger partial charge is 0.242 e. The van der Waals surface area contributed by atoms with E-state index < -0.39 is 10.0 Å². The molecule has 0 amide bonds. The first-order valence-corrected chi connectivity index (χ1v) is 8.63. The zero-order valence-electron chi connectivity index (χ0n) is 11.9. The third-order valence-electron chi connectivity index (χ3n) is 4.25. The van der Waals surface area contributed by atoms with Gasteiger partial charge in [-0.2, -0.15) is 0 Å². The van der Waals surface area contributed by atoms with Crippen molar-refractivity contribution in [3.05, 3.63) is 30.5 Å². The van der Waals surface area contributed by atoms with Crippen molar-refractivity contribution in [2.75, 3.05) is 5.73 Å². The van der Waals surface area contributed by atoms with Gasteiger partial charge in [-0.15, -0.1) is 0 Å². The quantitative estimate of drug-likeness (QED) is 0.849. The number of hydrogen-bond acceptors (Lipinski definition) is 4. The van der Waals surface area contributed by atoms with Gasteiger partial charge in [-0.25, -0.2) is 13.1 Å². The van der Waals surface area contributed by atoms with Crippen molar-refractivity contribution in [3.63, 3.8) is 0 Å². The van der Waals surface area contributed by atoms with Gasteiger partial charge in [0.2, 0.25) is 10.0 Å². The monoisotopic (exact) mass is 305 g/mol. The van der Waals surface area contributed by atoms with Gasteiger partial charge in [0.15, 0.2) is 0 Å². The van der Waals surface area contributed by atoms with Crippen LogP contribution in [-0.4, -0.2) is 19.4 Å². The Bertz CT molecular complexity index is 770. The van der Waals surface area contributed by atoms with Gasteiger partial charge in [-0.05, 0) is 49.9 Å². The van der Waals surface area contributed by atoms with E-state index in [-0.39, 0.29) is 10.9 Å². The number of nitrogen functional groups attached to an aromatic ring is 1. The summed E-state index contributed by atoms with van der Waals surface area (Å²) in [6, 6.07) is 6.62. The number of hydrogen-bond donors (Lipinski definition) is 2. The molecule has 21 heavy (non-hydrogen) atoms. The standard InChI is InChI=1S/C15H19N3O2S/c1-10(11-4-2-5-11)18-21(19,20)14-8-7-13(16)12-6-3-9-17-15(12)14/h3,6-11,18H,2,4-5,16H2,1H3. The molecule has 3 rings (SSSR count). The van der Waals surface area contributed by atoms with Crippen LogP contribution in [0.3, 0.4) is 0 Å². The molecule has 3 N–H and O–H groups in total. The van der Waals surface area contributed by atoms with E-state index in [0.717, 1.165) is 12.8 Å². The lowest BCUT2D eigenvalue weighted by Crippen LogP contribution is -2.40. The third-order valence-corrected chi connectivity index (χ3v) is 5.84. The van der Waals surface area contributed by atoms with Crippen LogP contribution in [0.4, 0.5) is 5.69 Å². The molecular formula is C15H19N3O2S. The number of aromatic nitrogens is 1. The van der Waals surface area contributed by atoms with E-state index in [0.29, 0.717) is 22.5 Å². The minimum atomic E-state index is -3.59. The normalized spacial score (nSPS) is 17.6. The molecule has 0 radical (unpaired) electrons. The predicted octanol–water partition coefficient (Wildman–Crippen LogP) is 2.28. The van der Waals surface area contributed by atoms with Crippen LogP contribution in [0, 0.1) is 5.92 Å². The van der Waals surface area contributed by atoms with Crippen molar-refractivity contribution < 1.29 is 8.42 Å². The second-order valence-corrected chi connectivity index (χ2v) is 7.34. The second-order valence-electron chi connectivity index (χ2n) is 5.65. The minimum absolute atomic E-state index is 0.0555. The van der Waals surface area contributed by atoms with Gasteiger partial charge < -0.3 is 5.73 Å². The van der Waals surface area contributed by atoms with E-state index in [1.165, 1.54) is 12.5 Å². The SMILES string of the molecule is CC(NS(=O)(=O)c1ccc(N)c2cccnc12)C1CCC1. The van der Waals surface area contributed by atoms with E-state index in [2.05, 4.69) is 9.71 Å². The average molecular weight is 305 g/mol. The number of nitrogens with zero attached hydrogens (tertiary/aromatic N) is 1. The van der Waals surface area contributed by atoms with Gasteiger partial charge in [-0.1, -0.05) is 6.42 Å². The summed E-state index contributed by atoms with van der Waals surface area (Å²) >= 11 is 0. The van der Waals surface area contributed by atoms with Gasteiger partial charge in [0.05, 0.1) is 5.52 Å². The molecule has 1 aromatic heterocycles.